The Bertz CT molecular complexity index is 506. The molecule has 4 heteroatoms. The van der Waals surface area contributed by atoms with Gasteiger partial charge >= 0.3 is 0 Å². The first kappa shape index (κ1) is 12.6. The van der Waals surface area contributed by atoms with Gasteiger partial charge in [-0.2, -0.15) is 0 Å². The third kappa shape index (κ3) is 2.87. The number of benzene rings is 2. The van der Waals surface area contributed by atoms with E-state index in [1.165, 1.54) is 0 Å². The summed E-state index contributed by atoms with van der Waals surface area (Å²) in [7, 11) is 0. The number of para-hydroxylation sites is 1. The maximum atomic E-state index is 6.03. The summed E-state index contributed by atoms with van der Waals surface area (Å²) < 4.78 is 11.0. The molecule has 2 N–H and O–H groups in total. The van der Waals surface area contributed by atoms with E-state index in [2.05, 4.69) is 0 Å². The van der Waals surface area contributed by atoms with Gasteiger partial charge in [0.2, 0.25) is 0 Å². The first-order valence-corrected chi connectivity index (χ1v) is 6.03. The first-order valence-electron chi connectivity index (χ1n) is 5.65. The van der Waals surface area contributed by atoms with Gasteiger partial charge in [0.1, 0.15) is 11.5 Å². The molecule has 2 aromatic rings. The third-order valence-corrected chi connectivity index (χ3v) is 2.65. The zero-order valence-electron chi connectivity index (χ0n) is 10.0. The van der Waals surface area contributed by atoms with Crippen LogP contribution in [0.1, 0.15) is 6.92 Å². The topological polar surface area (TPSA) is 44.5 Å². The lowest BCUT2D eigenvalue weighted by Crippen LogP contribution is -1.93. The minimum atomic E-state index is 0.475. The molecule has 2 rings (SSSR count). The van der Waals surface area contributed by atoms with E-state index in [0.717, 1.165) is 5.75 Å². The third-order valence-electron chi connectivity index (χ3n) is 2.35. The molecule has 0 fully saturated rings. The average molecular weight is 264 g/mol. The van der Waals surface area contributed by atoms with E-state index >= 15 is 0 Å². The fourth-order valence-electron chi connectivity index (χ4n) is 1.52. The lowest BCUT2D eigenvalue weighted by Gasteiger charge is -2.10. The van der Waals surface area contributed by atoms with Crippen molar-refractivity contribution in [3.63, 3.8) is 0 Å². The van der Waals surface area contributed by atoms with Crippen molar-refractivity contribution in [3.8, 4) is 17.2 Å². The molecule has 0 unspecified atom stereocenters. The number of hydrogen-bond acceptors (Lipinski definition) is 3. The Morgan fingerprint density at radius 2 is 1.72 bits per heavy atom. The second-order valence-electron chi connectivity index (χ2n) is 3.66. The average Bonchev–Trinajstić information content (AvgIpc) is 2.36. The van der Waals surface area contributed by atoms with Gasteiger partial charge in [-0.15, -0.1) is 0 Å². The molecule has 0 aliphatic heterocycles. The molecule has 0 spiro atoms. The van der Waals surface area contributed by atoms with Gasteiger partial charge in [0.25, 0.3) is 0 Å². The van der Waals surface area contributed by atoms with Crippen molar-refractivity contribution in [2.75, 3.05) is 12.3 Å². The maximum absolute atomic E-state index is 6.03. The predicted octanol–water partition coefficient (Wildman–Crippen LogP) is 4.11. The van der Waals surface area contributed by atoms with Crippen LogP contribution < -0.4 is 15.2 Å². The summed E-state index contributed by atoms with van der Waals surface area (Å²) in [6.45, 7) is 2.58. The Morgan fingerprint density at radius 3 is 2.33 bits per heavy atom. The monoisotopic (exact) mass is 263 g/mol. The Morgan fingerprint density at radius 1 is 1.06 bits per heavy atom. The number of ether oxygens (including phenoxy) is 2. The van der Waals surface area contributed by atoms with Gasteiger partial charge < -0.3 is 15.2 Å². The number of nitrogens with two attached hydrogens (primary N) is 1. The highest BCUT2D eigenvalue weighted by Crippen LogP contribution is 2.34. The van der Waals surface area contributed by atoms with E-state index in [1.807, 2.05) is 31.2 Å². The van der Waals surface area contributed by atoms with Crippen LogP contribution >= 0.6 is 11.6 Å². The molecule has 3 nitrogen and oxygen atoms in total. The summed E-state index contributed by atoms with van der Waals surface area (Å²) in [6.07, 6.45) is 0. The van der Waals surface area contributed by atoms with Crippen LogP contribution in [0.5, 0.6) is 17.2 Å². The highest BCUT2D eigenvalue weighted by atomic mass is 35.5. The quantitative estimate of drug-likeness (QED) is 0.844. The molecule has 0 radical (unpaired) electrons. The first-order chi connectivity index (χ1) is 8.70. The lowest BCUT2D eigenvalue weighted by atomic mass is 10.3. The van der Waals surface area contributed by atoms with Crippen LogP contribution in [0.4, 0.5) is 5.69 Å². The molecule has 0 aliphatic carbocycles. The van der Waals surface area contributed by atoms with Gasteiger partial charge in [0.15, 0.2) is 5.75 Å². The number of hydrogen-bond donors (Lipinski definition) is 1. The van der Waals surface area contributed by atoms with Gasteiger partial charge in [-0.3, -0.25) is 0 Å². The van der Waals surface area contributed by atoms with Crippen molar-refractivity contribution >= 4 is 17.3 Å². The lowest BCUT2D eigenvalue weighted by molar-refractivity contribution is 0.339. The Kier molecular flexibility index (Phi) is 3.95. The molecular weight excluding hydrogens is 250 g/mol. The van der Waals surface area contributed by atoms with E-state index in [0.29, 0.717) is 28.8 Å². The second kappa shape index (κ2) is 5.65. The SMILES string of the molecule is CCOc1ccc(Oc2c(N)cccc2Cl)cc1. The summed E-state index contributed by atoms with van der Waals surface area (Å²) in [6, 6.07) is 12.6. The van der Waals surface area contributed by atoms with E-state index in [9.17, 15) is 0 Å². The highest BCUT2D eigenvalue weighted by molar-refractivity contribution is 6.32. The van der Waals surface area contributed by atoms with Crippen molar-refractivity contribution in [1.29, 1.82) is 0 Å². The predicted molar refractivity (Wildman–Crippen MR) is 73.5 cm³/mol. The van der Waals surface area contributed by atoms with Crippen LogP contribution in [0.3, 0.4) is 0 Å². The van der Waals surface area contributed by atoms with Gasteiger partial charge in [0, 0.05) is 0 Å². The fourth-order valence-corrected chi connectivity index (χ4v) is 1.74. The summed E-state index contributed by atoms with van der Waals surface area (Å²) in [4.78, 5) is 0. The molecule has 94 valence electrons. The molecule has 2 aromatic carbocycles. The normalized spacial score (nSPS) is 10.1. The van der Waals surface area contributed by atoms with Crippen molar-refractivity contribution in [2.45, 2.75) is 6.92 Å². The van der Waals surface area contributed by atoms with Crippen molar-refractivity contribution in [1.82, 2.24) is 0 Å². The smallest absolute Gasteiger partial charge is 0.168 e. The molecule has 0 aromatic heterocycles. The number of nitrogen functional groups attached to an aromatic ring is 1. The fraction of sp³-hybridized carbons (Fsp3) is 0.143. The Balaban J connectivity index is 2.18. The number of anilines is 1. The second-order valence-corrected chi connectivity index (χ2v) is 4.07. The minimum Gasteiger partial charge on any atom is -0.494 e. The molecule has 0 bridgehead atoms. The van der Waals surface area contributed by atoms with Crippen molar-refractivity contribution in [3.05, 3.63) is 47.5 Å². The Labute approximate surface area is 111 Å². The number of halogens is 1. The molecule has 0 amide bonds. The largest absolute Gasteiger partial charge is 0.494 e. The Hall–Kier alpha value is -1.87. The summed E-state index contributed by atoms with van der Waals surface area (Å²) >= 11 is 6.03. The molecule has 0 atom stereocenters. The van der Waals surface area contributed by atoms with Crippen LogP contribution in [-0.2, 0) is 0 Å². The van der Waals surface area contributed by atoms with Gasteiger partial charge in [-0.05, 0) is 43.3 Å². The van der Waals surface area contributed by atoms with E-state index in [4.69, 9.17) is 26.8 Å². The van der Waals surface area contributed by atoms with Crippen LogP contribution in [0.25, 0.3) is 0 Å². The van der Waals surface area contributed by atoms with Gasteiger partial charge in [-0.1, -0.05) is 17.7 Å². The highest BCUT2D eigenvalue weighted by Gasteiger charge is 2.07. The van der Waals surface area contributed by atoms with Crippen molar-refractivity contribution < 1.29 is 9.47 Å². The molecule has 18 heavy (non-hydrogen) atoms. The molecular formula is C14H14ClNO2. The van der Waals surface area contributed by atoms with Crippen LogP contribution in [0.15, 0.2) is 42.5 Å². The van der Waals surface area contributed by atoms with Crippen molar-refractivity contribution in [2.24, 2.45) is 0 Å². The molecule has 0 heterocycles. The number of rotatable bonds is 4. The van der Waals surface area contributed by atoms with Crippen LogP contribution in [-0.4, -0.2) is 6.61 Å². The zero-order valence-corrected chi connectivity index (χ0v) is 10.8. The van der Waals surface area contributed by atoms with E-state index in [1.54, 1.807) is 18.2 Å². The molecule has 0 saturated carbocycles. The molecule has 0 saturated heterocycles. The van der Waals surface area contributed by atoms with Crippen LogP contribution in [0, 0.1) is 0 Å². The van der Waals surface area contributed by atoms with E-state index in [-0.39, 0.29) is 0 Å². The summed E-state index contributed by atoms with van der Waals surface area (Å²) in [5.41, 5.74) is 6.32. The molecule has 0 aliphatic rings. The van der Waals surface area contributed by atoms with E-state index < -0.39 is 0 Å². The summed E-state index contributed by atoms with van der Waals surface area (Å²) in [5.74, 6) is 1.94. The summed E-state index contributed by atoms with van der Waals surface area (Å²) in [5, 5.41) is 0.490. The standard InChI is InChI=1S/C14H14ClNO2/c1-2-17-10-6-8-11(9-7-10)18-14-12(15)4-3-5-13(14)16/h3-9H,2,16H2,1H3. The van der Waals surface area contributed by atoms with Crippen LogP contribution in [0.2, 0.25) is 5.02 Å². The van der Waals surface area contributed by atoms with Gasteiger partial charge in [-0.25, -0.2) is 0 Å². The van der Waals surface area contributed by atoms with Gasteiger partial charge in [0.05, 0.1) is 17.3 Å². The minimum absolute atomic E-state index is 0.475. The zero-order chi connectivity index (χ0) is 13.0. The maximum Gasteiger partial charge on any atom is 0.168 e.